The van der Waals surface area contributed by atoms with Crippen molar-refractivity contribution < 1.29 is 14.3 Å². The van der Waals surface area contributed by atoms with Crippen molar-refractivity contribution in [2.45, 2.75) is 13.5 Å². The Morgan fingerprint density at radius 1 is 0.903 bits per heavy atom. The van der Waals surface area contributed by atoms with E-state index < -0.39 is 0 Å². The summed E-state index contributed by atoms with van der Waals surface area (Å²) in [6.45, 7) is 2.59. The van der Waals surface area contributed by atoms with Crippen molar-refractivity contribution in [1.82, 2.24) is 4.57 Å². The smallest absolute Gasteiger partial charge is 0.200 e. The van der Waals surface area contributed by atoms with Crippen molar-refractivity contribution in [2.24, 2.45) is 0 Å². The lowest BCUT2D eigenvalue weighted by Crippen LogP contribution is -2.20. The predicted octanol–water partition coefficient (Wildman–Crippen LogP) is 4.61. The van der Waals surface area contributed by atoms with Gasteiger partial charge in [-0.25, -0.2) is 0 Å². The molecule has 0 saturated carbocycles. The number of ketones is 1. The molecule has 0 atom stereocenters. The van der Waals surface area contributed by atoms with E-state index in [4.69, 9.17) is 9.47 Å². The number of hydrogen-bond acceptors (Lipinski definition) is 4. The third-order valence-electron chi connectivity index (χ3n) is 5.35. The Morgan fingerprint density at radius 2 is 1.61 bits per heavy atom. The van der Waals surface area contributed by atoms with Crippen molar-refractivity contribution >= 4 is 16.7 Å². The fourth-order valence-electron chi connectivity index (χ4n) is 3.66. The number of para-hydroxylation sites is 1. The molecule has 0 amide bonds. The Morgan fingerprint density at radius 3 is 2.32 bits per heavy atom. The van der Waals surface area contributed by atoms with Gasteiger partial charge in [-0.15, -0.1) is 0 Å². The molecular weight excluding hydrogens is 390 g/mol. The molecule has 0 bridgehead atoms. The van der Waals surface area contributed by atoms with Crippen molar-refractivity contribution in [1.29, 1.82) is 0 Å². The highest BCUT2D eigenvalue weighted by Crippen LogP contribution is 2.28. The number of carbonyl (C=O) groups is 1. The predicted molar refractivity (Wildman–Crippen MR) is 121 cm³/mol. The molecule has 5 heteroatoms. The zero-order valence-corrected chi connectivity index (χ0v) is 17.7. The molecule has 3 aromatic carbocycles. The molecule has 0 unspecified atom stereocenters. The third-order valence-corrected chi connectivity index (χ3v) is 5.35. The number of ether oxygens (including phenoxy) is 2. The molecule has 156 valence electrons. The second kappa shape index (κ2) is 8.48. The lowest BCUT2D eigenvalue weighted by atomic mass is 10.0. The van der Waals surface area contributed by atoms with Gasteiger partial charge >= 0.3 is 0 Å². The second-order valence-electron chi connectivity index (χ2n) is 7.40. The van der Waals surface area contributed by atoms with E-state index in [2.05, 4.69) is 24.3 Å². The van der Waals surface area contributed by atoms with Crippen LogP contribution in [0.3, 0.4) is 0 Å². The number of hydrogen-bond donors (Lipinski definition) is 0. The maximum Gasteiger partial charge on any atom is 0.200 e. The minimum absolute atomic E-state index is 0.123. The number of benzene rings is 3. The van der Waals surface area contributed by atoms with Crippen LogP contribution in [-0.2, 0) is 6.54 Å². The van der Waals surface area contributed by atoms with E-state index in [9.17, 15) is 9.59 Å². The highest BCUT2D eigenvalue weighted by molar-refractivity contribution is 6.10. The molecule has 0 fully saturated rings. The van der Waals surface area contributed by atoms with Crippen LogP contribution in [0.15, 0.2) is 77.7 Å². The SMILES string of the molecule is COc1ccc(C(=O)c2cn(Cc3ccc(C)cc3)c3ccccc3c2=O)cc1OC. The minimum atomic E-state index is -0.352. The van der Waals surface area contributed by atoms with Gasteiger partial charge in [-0.05, 0) is 42.8 Å². The van der Waals surface area contributed by atoms with Gasteiger partial charge in [0.05, 0.1) is 25.3 Å². The van der Waals surface area contributed by atoms with Gasteiger partial charge in [0.15, 0.2) is 17.3 Å². The molecule has 5 nitrogen and oxygen atoms in total. The van der Waals surface area contributed by atoms with Crippen LogP contribution in [0.2, 0.25) is 0 Å². The van der Waals surface area contributed by atoms with Crippen LogP contribution in [0.4, 0.5) is 0 Å². The Balaban J connectivity index is 1.84. The number of pyridine rings is 1. The summed E-state index contributed by atoms with van der Waals surface area (Å²) in [6.07, 6.45) is 1.66. The molecule has 0 saturated heterocycles. The van der Waals surface area contributed by atoms with Crippen LogP contribution >= 0.6 is 0 Å². The molecule has 0 aliphatic carbocycles. The van der Waals surface area contributed by atoms with E-state index in [0.29, 0.717) is 29.0 Å². The zero-order chi connectivity index (χ0) is 22.0. The van der Waals surface area contributed by atoms with Crippen LogP contribution in [0.1, 0.15) is 27.0 Å². The minimum Gasteiger partial charge on any atom is -0.493 e. The summed E-state index contributed by atoms with van der Waals surface area (Å²) in [5.41, 5.74) is 3.26. The van der Waals surface area contributed by atoms with E-state index in [-0.39, 0.29) is 16.8 Å². The molecule has 0 radical (unpaired) electrons. The van der Waals surface area contributed by atoms with Crippen molar-refractivity contribution in [3.05, 3.63) is 105 Å². The summed E-state index contributed by atoms with van der Waals surface area (Å²) < 4.78 is 12.5. The first-order chi connectivity index (χ1) is 15.0. The molecule has 0 aliphatic heterocycles. The lowest BCUT2D eigenvalue weighted by molar-refractivity contribution is 0.103. The number of carbonyl (C=O) groups excluding carboxylic acids is 1. The molecule has 4 rings (SSSR count). The number of aryl methyl sites for hydroxylation is 1. The van der Waals surface area contributed by atoms with Gasteiger partial charge in [-0.2, -0.15) is 0 Å². The van der Waals surface area contributed by atoms with Crippen LogP contribution in [0, 0.1) is 6.92 Å². The average Bonchev–Trinajstić information content (AvgIpc) is 2.81. The summed E-state index contributed by atoms with van der Waals surface area (Å²) in [6, 6.07) is 20.5. The first-order valence-electron chi connectivity index (χ1n) is 9.96. The van der Waals surface area contributed by atoms with Crippen LogP contribution in [0.25, 0.3) is 10.9 Å². The molecule has 1 aromatic heterocycles. The highest BCUT2D eigenvalue weighted by Gasteiger charge is 2.19. The molecular formula is C26H23NO4. The van der Waals surface area contributed by atoms with E-state index in [1.165, 1.54) is 19.8 Å². The van der Waals surface area contributed by atoms with Gasteiger partial charge in [0, 0.05) is 23.7 Å². The number of aromatic nitrogens is 1. The van der Waals surface area contributed by atoms with E-state index >= 15 is 0 Å². The molecule has 0 spiro atoms. The maximum atomic E-state index is 13.3. The number of methoxy groups -OCH3 is 2. The fourth-order valence-corrected chi connectivity index (χ4v) is 3.66. The molecule has 0 aliphatic rings. The van der Waals surface area contributed by atoms with Gasteiger partial charge in [0.25, 0.3) is 0 Å². The number of nitrogens with zero attached hydrogens (tertiary/aromatic N) is 1. The average molecular weight is 413 g/mol. The zero-order valence-electron chi connectivity index (χ0n) is 17.7. The monoisotopic (exact) mass is 413 g/mol. The van der Waals surface area contributed by atoms with Gasteiger partial charge in [0.2, 0.25) is 5.43 Å². The fraction of sp³-hybridized carbons (Fsp3) is 0.154. The quantitative estimate of drug-likeness (QED) is 0.433. The maximum absolute atomic E-state index is 13.3. The van der Waals surface area contributed by atoms with Gasteiger partial charge in [-0.3, -0.25) is 9.59 Å². The van der Waals surface area contributed by atoms with E-state index in [0.717, 1.165) is 11.1 Å². The summed E-state index contributed by atoms with van der Waals surface area (Å²) in [4.78, 5) is 26.5. The number of fused-ring (bicyclic) bond motifs is 1. The Hall–Kier alpha value is -3.86. The van der Waals surface area contributed by atoms with E-state index in [1.54, 1.807) is 30.5 Å². The van der Waals surface area contributed by atoms with Crippen molar-refractivity contribution in [3.63, 3.8) is 0 Å². The van der Waals surface area contributed by atoms with Gasteiger partial charge in [-0.1, -0.05) is 42.0 Å². The first-order valence-corrected chi connectivity index (χ1v) is 9.96. The molecule has 31 heavy (non-hydrogen) atoms. The Labute approximate surface area is 180 Å². The molecule has 1 heterocycles. The topological polar surface area (TPSA) is 57.5 Å². The van der Waals surface area contributed by atoms with E-state index in [1.807, 2.05) is 29.7 Å². The third kappa shape index (κ3) is 3.94. The molecule has 0 N–H and O–H groups in total. The van der Waals surface area contributed by atoms with Crippen molar-refractivity contribution in [3.8, 4) is 11.5 Å². The lowest BCUT2D eigenvalue weighted by Gasteiger charge is -2.14. The normalized spacial score (nSPS) is 10.8. The first kappa shape index (κ1) is 20.4. The summed E-state index contributed by atoms with van der Waals surface area (Å²) in [5, 5.41) is 0.515. The Kier molecular flexibility index (Phi) is 5.58. The summed E-state index contributed by atoms with van der Waals surface area (Å²) in [5.74, 6) is 0.609. The van der Waals surface area contributed by atoms with Crippen LogP contribution in [-0.4, -0.2) is 24.6 Å². The highest BCUT2D eigenvalue weighted by atomic mass is 16.5. The standard InChI is InChI=1S/C26H23NO4/c1-17-8-10-18(11-9-17)15-27-16-21(26(29)20-6-4-5-7-22(20)27)25(28)19-12-13-23(30-2)24(14-19)31-3/h4-14,16H,15H2,1-3H3. The summed E-state index contributed by atoms with van der Waals surface area (Å²) >= 11 is 0. The van der Waals surface area contributed by atoms with Crippen LogP contribution in [0.5, 0.6) is 11.5 Å². The largest absolute Gasteiger partial charge is 0.493 e. The van der Waals surface area contributed by atoms with Gasteiger partial charge in [0.1, 0.15) is 0 Å². The summed E-state index contributed by atoms with van der Waals surface area (Å²) in [7, 11) is 3.04. The van der Waals surface area contributed by atoms with Crippen molar-refractivity contribution in [2.75, 3.05) is 14.2 Å². The van der Waals surface area contributed by atoms with Gasteiger partial charge < -0.3 is 14.0 Å². The second-order valence-corrected chi connectivity index (χ2v) is 7.40. The Bertz CT molecular complexity index is 1320. The van der Waals surface area contributed by atoms with Crippen LogP contribution < -0.4 is 14.9 Å². The molecule has 4 aromatic rings. The number of rotatable bonds is 6.